The first-order valence-electron chi connectivity index (χ1n) is 6.49. The standard InChI is InChI=1S/C14H17N3O2/c1-15-12-7-11-10(6-13(12)19-2)14(18)17-5-3-4-9(17)8-16-11/h6-9,15H,3-5H2,1-2H3/t9-/m0/s1. The lowest BCUT2D eigenvalue weighted by Gasteiger charge is -2.20. The Morgan fingerprint density at radius 3 is 3.05 bits per heavy atom. The van der Waals surface area contributed by atoms with Gasteiger partial charge in [0.15, 0.2) is 0 Å². The highest BCUT2D eigenvalue weighted by atomic mass is 16.5. The van der Waals surface area contributed by atoms with Gasteiger partial charge in [-0.15, -0.1) is 0 Å². The van der Waals surface area contributed by atoms with Crippen molar-refractivity contribution in [3.05, 3.63) is 17.7 Å². The quantitative estimate of drug-likeness (QED) is 0.884. The van der Waals surface area contributed by atoms with Gasteiger partial charge in [0.2, 0.25) is 0 Å². The summed E-state index contributed by atoms with van der Waals surface area (Å²) in [4.78, 5) is 18.9. The van der Waals surface area contributed by atoms with Crippen LogP contribution in [0, 0.1) is 0 Å². The lowest BCUT2D eigenvalue weighted by atomic mass is 10.1. The fraction of sp³-hybridized carbons (Fsp3) is 0.429. The number of aliphatic imine (C=N–C) groups is 1. The van der Waals surface area contributed by atoms with Gasteiger partial charge in [-0.25, -0.2) is 0 Å². The Balaban J connectivity index is 2.12. The number of hydrogen-bond donors (Lipinski definition) is 1. The summed E-state index contributed by atoms with van der Waals surface area (Å²) in [5.74, 6) is 0.721. The zero-order chi connectivity index (χ0) is 13.4. The smallest absolute Gasteiger partial charge is 0.256 e. The molecule has 3 rings (SSSR count). The van der Waals surface area contributed by atoms with Gasteiger partial charge in [-0.3, -0.25) is 9.79 Å². The van der Waals surface area contributed by atoms with Gasteiger partial charge in [-0.2, -0.15) is 0 Å². The molecule has 2 aliphatic heterocycles. The number of nitrogens with zero attached hydrogens (tertiary/aromatic N) is 2. The van der Waals surface area contributed by atoms with Crippen LogP contribution in [0.4, 0.5) is 11.4 Å². The Morgan fingerprint density at radius 1 is 1.47 bits per heavy atom. The summed E-state index contributed by atoms with van der Waals surface area (Å²) in [5, 5.41) is 3.06. The average Bonchev–Trinajstić information content (AvgIpc) is 2.87. The van der Waals surface area contributed by atoms with Crippen molar-refractivity contribution >= 4 is 23.5 Å². The molecule has 100 valence electrons. The number of anilines is 1. The van der Waals surface area contributed by atoms with E-state index in [4.69, 9.17) is 4.74 Å². The number of hydrogen-bond acceptors (Lipinski definition) is 4. The minimum absolute atomic E-state index is 0.0518. The molecule has 1 aromatic rings. The van der Waals surface area contributed by atoms with Gasteiger partial charge in [0.05, 0.1) is 30.1 Å². The van der Waals surface area contributed by atoms with Crippen LogP contribution in [0.5, 0.6) is 5.75 Å². The number of amides is 1. The zero-order valence-corrected chi connectivity index (χ0v) is 11.1. The van der Waals surface area contributed by atoms with E-state index in [1.165, 1.54) is 0 Å². The van der Waals surface area contributed by atoms with Crippen molar-refractivity contribution in [3.63, 3.8) is 0 Å². The third-order valence-corrected chi connectivity index (χ3v) is 3.76. The molecule has 0 unspecified atom stereocenters. The predicted molar refractivity (Wildman–Crippen MR) is 74.8 cm³/mol. The van der Waals surface area contributed by atoms with E-state index < -0.39 is 0 Å². The number of rotatable bonds is 2. The van der Waals surface area contributed by atoms with Crippen LogP contribution in [-0.4, -0.2) is 43.8 Å². The van der Waals surface area contributed by atoms with Gasteiger partial charge in [-0.05, 0) is 25.0 Å². The van der Waals surface area contributed by atoms with Gasteiger partial charge in [0.1, 0.15) is 5.75 Å². The summed E-state index contributed by atoms with van der Waals surface area (Å²) < 4.78 is 5.32. The van der Waals surface area contributed by atoms with Crippen molar-refractivity contribution in [1.82, 2.24) is 4.90 Å². The van der Waals surface area contributed by atoms with Crippen molar-refractivity contribution in [2.75, 3.05) is 26.0 Å². The average molecular weight is 259 g/mol. The molecule has 0 aromatic heterocycles. The number of carbonyl (C=O) groups is 1. The Hall–Kier alpha value is -2.04. The fourth-order valence-corrected chi connectivity index (χ4v) is 2.73. The molecule has 1 N–H and O–H groups in total. The molecule has 2 aliphatic rings. The Morgan fingerprint density at radius 2 is 2.32 bits per heavy atom. The Kier molecular flexibility index (Phi) is 2.89. The SMILES string of the molecule is CNc1cc2c(cc1OC)C(=O)N1CCC[C@H]1C=N2. The molecule has 5 heteroatoms. The lowest BCUT2D eigenvalue weighted by Crippen LogP contribution is -2.35. The minimum atomic E-state index is 0.0518. The summed E-state index contributed by atoms with van der Waals surface area (Å²) in [5.41, 5.74) is 2.18. The highest BCUT2D eigenvalue weighted by Crippen LogP contribution is 2.36. The van der Waals surface area contributed by atoms with Crippen LogP contribution >= 0.6 is 0 Å². The summed E-state index contributed by atoms with van der Waals surface area (Å²) in [7, 11) is 3.43. The van der Waals surface area contributed by atoms with Gasteiger partial charge in [0.25, 0.3) is 5.91 Å². The number of carbonyl (C=O) groups excluding carboxylic acids is 1. The molecule has 1 atom stereocenters. The maximum atomic E-state index is 12.6. The maximum absolute atomic E-state index is 12.6. The second-order valence-electron chi connectivity index (χ2n) is 4.81. The van der Waals surface area contributed by atoms with Crippen molar-refractivity contribution in [2.45, 2.75) is 18.9 Å². The molecule has 1 saturated heterocycles. The van der Waals surface area contributed by atoms with Crippen LogP contribution < -0.4 is 10.1 Å². The Labute approximate surface area is 112 Å². The molecule has 1 aromatic carbocycles. The van der Waals surface area contributed by atoms with Crippen LogP contribution in [0.15, 0.2) is 17.1 Å². The molecule has 1 amide bonds. The van der Waals surface area contributed by atoms with Crippen molar-refractivity contribution < 1.29 is 9.53 Å². The molecular formula is C14H17N3O2. The van der Waals surface area contributed by atoms with E-state index in [9.17, 15) is 4.79 Å². The Bertz CT molecular complexity index is 554. The van der Waals surface area contributed by atoms with Crippen molar-refractivity contribution in [2.24, 2.45) is 4.99 Å². The number of fused-ring (bicyclic) bond motifs is 2. The summed E-state index contributed by atoms with van der Waals surface area (Å²) in [6.45, 7) is 0.811. The van der Waals surface area contributed by atoms with Crippen LogP contribution in [0.3, 0.4) is 0 Å². The number of nitrogens with one attached hydrogen (secondary N) is 1. The van der Waals surface area contributed by atoms with Gasteiger partial charge < -0.3 is 15.0 Å². The molecule has 0 saturated carbocycles. The van der Waals surface area contributed by atoms with Crippen LogP contribution in [0.25, 0.3) is 0 Å². The van der Waals surface area contributed by atoms with Crippen molar-refractivity contribution in [3.8, 4) is 5.75 Å². The second-order valence-corrected chi connectivity index (χ2v) is 4.81. The minimum Gasteiger partial charge on any atom is -0.495 e. The van der Waals surface area contributed by atoms with E-state index in [-0.39, 0.29) is 11.9 Å². The first-order chi connectivity index (χ1) is 9.24. The third-order valence-electron chi connectivity index (χ3n) is 3.76. The number of benzene rings is 1. The van der Waals surface area contributed by atoms with E-state index in [1.54, 1.807) is 13.2 Å². The van der Waals surface area contributed by atoms with Gasteiger partial charge in [-0.1, -0.05) is 0 Å². The second kappa shape index (κ2) is 4.57. The molecule has 0 bridgehead atoms. The van der Waals surface area contributed by atoms with E-state index in [0.29, 0.717) is 17.0 Å². The maximum Gasteiger partial charge on any atom is 0.256 e. The van der Waals surface area contributed by atoms with Crippen LogP contribution in [0.1, 0.15) is 23.2 Å². The summed E-state index contributed by atoms with van der Waals surface area (Å²) >= 11 is 0. The van der Waals surface area contributed by atoms with Crippen LogP contribution in [-0.2, 0) is 0 Å². The van der Waals surface area contributed by atoms with E-state index in [2.05, 4.69) is 10.3 Å². The molecule has 2 heterocycles. The number of ether oxygens (including phenoxy) is 1. The highest BCUT2D eigenvalue weighted by Gasteiger charge is 2.32. The third kappa shape index (κ3) is 1.85. The molecule has 0 aliphatic carbocycles. The largest absolute Gasteiger partial charge is 0.495 e. The molecule has 19 heavy (non-hydrogen) atoms. The predicted octanol–water partition coefficient (Wildman–Crippen LogP) is 2.06. The van der Waals surface area contributed by atoms with Crippen molar-refractivity contribution in [1.29, 1.82) is 0 Å². The summed E-state index contributed by atoms with van der Waals surface area (Å²) in [6.07, 6.45) is 3.94. The lowest BCUT2D eigenvalue weighted by molar-refractivity contribution is 0.0774. The normalized spacial score (nSPS) is 20.8. The molecule has 5 nitrogen and oxygen atoms in total. The van der Waals surface area contributed by atoms with Crippen LogP contribution in [0.2, 0.25) is 0 Å². The fourth-order valence-electron chi connectivity index (χ4n) is 2.73. The highest BCUT2D eigenvalue weighted by molar-refractivity contribution is 6.04. The monoisotopic (exact) mass is 259 g/mol. The topological polar surface area (TPSA) is 53.9 Å². The zero-order valence-electron chi connectivity index (χ0n) is 11.1. The first kappa shape index (κ1) is 12.0. The first-order valence-corrected chi connectivity index (χ1v) is 6.49. The van der Waals surface area contributed by atoms with E-state index in [1.807, 2.05) is 24.2 Å². The molecule has 1 fully saturated rings. The molecule has 0 radical (unpaired) electrons. The van der Waals surface area contributed by atoms with Gasteiger partial charge in [0, 0.05) is 19.8 Å². The van der Waals surface area contributed by atoms with E-state index in [0.717, 1.165) is 25.1 Å². The molecular weight excluding hydrogens is 242 g/mol. The number of methoxy groups -OCH3 is 1. The summed E-state index contributed by atoms with van der Waals surface area (Å²) in [6, 6.07) is 3.79. The van der Waals surface area contributed by atoms with E-state index >= 15 is 0 Å². The molecule has 0 spiro atoms. The van der Waals surface area contributed by atoms with Gasteiger partial charge >= 0.3 is 0 Å².